The minimum Gasteiger partial charge on any atom is -0.483 e. The number of hydrogen-bond acceptors (Lipinski definition) is 3. The van der Waals surface area contributed by atoms with Gasteiger partial charge in [0.05, 0.1) is 0 Å². The van der Waals surface area contributed by atoms with E-state index in [9.17, 15) is 9.59 Å². The summed E-state index contributed by atoms with van der Waals surface area (Å²) >= 11 is 12.4. The molecule has 0 saturated carbocycles. The quantitative estimate of drug-likeness (QED) is 0.405. The molecular weight excluding hydrogens is 459 g/mol. The van der Waals surface area contributed by atoms with E-state index in [2.05, 4.69) is 19.2 Å². The normalized spacial score (nSPS) is 12.8. The van der Waals surface area contributed by atoms with E-state index in [4.69, 9.17) is 27.9 Å². The van der Waals surface area contributed by atoms with Gasteiger partial charge in [-0.15, -0.1) is 0 Å². The lowest BCUT2D eigenvalue weighted by atomic mass is 10.0. The predicted molar refractivity (Wildman–Crippen MR) is 135 cm³/mol. The van der Waals surface area contributed by atoms with Gasteiger partial charge in [0.25, 0.3) is 5.91 Å². The lowest BCUT2D eigenvalue weighted by Crippen LogP contribution is -2.51. The second kappa shape index (κ2) is 12.9. The van der Waals surface area contributed by atoms with Gasteiger partial charge in [0.1, 0.15) is 11.8 Å². The van der Waals surface area contributed by atoms with Gasteiger partial charge in [0.15, 0.2) is 6.61 Å². The maximum atomic E-state index is 13.4. The molecule has 0 radical (unpaired) electrons. The Morgan fingerprint density at radius 3 is 2.33 bits per heavy atom. The molecule has 7 heteroatoms. The molecule has 2 amide bonds. The van der Waals surface area contributed by atoms with E-state index in [0.717, 1.165) is 12.0 Å². The van der Waals surface area contributed by atoms with Gasteiger partial charge in [-0.25, -0.2) is 0 Å². The second-order valence-electron chi connectivity index (χ2n) is 8.48. The molecule has 2 aromatic rings. The fourth-order valence-electron chi connectivity index (χ4n) is 3.51. The minimum absolute atomic E-state index is 0.0109. The van der Waals surface area contributed by atoms with Gasteiger partial charge >= 0.3 is 0 Å². The molecule has 0 aliphatic carbocycles. The third-order valence-electron chi connectivity index (χ3n) is 5.63. The second-order valence-corrected chi connectivity index (χ2v) is 9.32. The van der Waals surface area contributed by atoms with Crippen LogP contribution >= 0.6 is 23.2 Å². The molecule has 0 aliphatic rings. The smallest absolute Gasteiger partial charge is 0.261 e. The third-order valence-corrected chi connectivity index (χ3v) is 6.22. The van der Waals surface area contributed by atoms with Gasteiger partial charge in [-0.1, -0.05) is 75.2 Å². The van der Waals surface area contributed by atoms with E-state index in [0.29, 0.717) is 27.8 Å². The molecule has 1 N–H and O–H groups in total. The summed E-state index contributed by atoms with van der Waals surface area (Å²) in [5, 5.41) is 3.95. The van der Waals surface area contributed by atoms with E-state index in [1.807, 2.05) is 45.0 Å². The maximum absolute atomic E-state index is 13.4. The van der Waals surface area contributed by atoms with Crippen molar-refractivity contribution in [3.63, 3.8) is 0 Å². The van der Waals surface area contributed by atoms with E-state index < -0.39 is 6.04 Å². The highest BCUT2D eigenvalue weighted by Crippen LogP contribution is 2.27. The van der Waals surface area contributed by atoms with E-state index in [1.54, 1.807) is 23.1 Å². The van der Waals surface area contributed by atoms with Crippen LogP contribution in [-0.4, -0.2) is 35.4 Å². The number of amides is 2. The lowest BCUT2D eigenvalue weighted by Gasteiger charge is -2.31. The van der Waals surface area contributed by atoms with E-state index in [1.165, 1.54) is 0 Å². The molecule has 0 aliphatic heterocycles. The highest BCUT2D eigenvalue weighted by Gasteiger charge is 2.30. The number of benzene rings is 2. The van der Waals surface area contributed by atoms with Gasteiger partial charge in [-0.05, 0) is 55.0 Å². The first kappa shape index (κ1) is 27.0. The van der Waals surface area contributed by atoms with Crippen LogP contribution in [0, 0.1) is 0 Å². The molecule has 0 unspecified atom stereocenters. The Hall–Kier alpha value is -2.24. The van der Waals surface area contributed by atoms with Crippen LogP contribution < -0.4 is 10.1 Å². The number of carbonyl (C=O) groups excluding carboxylic acids is 2. The number of para-hydroxylation sites is 1. The summed E-state index contributed by atoms with van der Waals surface area (Å²) < 4.78 is 5.93. The fourth-order valence-corrected chi connectivity index (χ4v) is 3.97. The highest BCUT2D eigenvalue weighted by molar-refractivity contribution is 6.35. The predicted octanol–water partition coefficient (Wildman–Crippen LogP) is 6.22. The summed E-state index contributed by atoms with van der Waals surface area (Å²) in [7, 11) is 0. The molecule has 180 valence electrons. The molecule has 0 aromatic heterocycles. The molecule has 0 spiro atoms. The summed E-state index contributed by atoms with van der Waals surface area (Å²) in [6, 6.07) is 12.2. The van der Waals surface area contributed by atoms with Crippen molar-refractivity contribution in [1.82, 2.24) is 10.2 Å². The van der Waals surface area contributed by atoms with Crippen molar-refractivity contribution in [1.29, 1.82) is 0 Å². The van der Waals surface area contributed by atoms with Crippen molar-refractivity contribution in [2.24, 2.45) is 0 Å². The molecular formula is C26H34Cl2N2O3. The Kier molecular flexibility index (Phi) is 10.5. The summed E-state index contributed by atoms with van der Waals surface area (Å²) in [5.41, 5.74) is 1.74. The zero-order chi connectivity index (χ0) is 24.5. The molecule has 33 heavy (non-hydrogen) atoms. The Morgan fingerprint density at radius 2 is 1.73 bits per heavy atom. The molecule has 0 bridgehead atoms. The topological polar surface area (TPSA) is 58.6 Å². The van der Waals surface area contributed by atoms with Crippen LogP contribution in [0.1, 0.15) is 64.5 Å². The summed E-state index contributed by atoms with van der Waals surface area (Å²) in [4.78, 5) is 28.0. The van der Waals surface area contributed by atoms with Gasteiger partial charge in [0.2, 0.25) is 5.91 Å². The van der Waals surface area contributed by atoms with Crippen LogP contribution in [0.15, 0.2) is 42.5 Å². The summed E-state index contributed by atoms with van der Waals surface area (Å²) in [6.07, 6.45) is 1.26. The van der Waals surface area contributed by atoms with E-state index >= 15 is 0 Å². The standard InChI is InChI=1S/C26H34Cl2N2O3/c1-6-18(5)29-26(32)23(7-2)30(15-19-12-13-20(27)14-22(19)28)25(31)16-33-24-11-9-8-10-21(24)17(3)4/h8-14,17-18,23H,6-7,15-16H2,1-5H3,(H,29,32)/t18-,23-/m1/s1. The molecule has 2 rings (SSSR count). The third kappa shape index (κ3) is 7.65. The molecule has 0 saturated heterocycles. The van der Waals surface area contributed by atoms with Crippen LogP contribution in [0.3, 0.4) is 0 Å². The highest BCUT2D eigenvalue weighted by atomic mass is 35.5. The number of nitrogens with zero attached hydrogens (tertiary/aromatic N) is 1. The van der Waals surface area contributed by atoms with Gasteiger partial charge in [-0.2, -0.15) is 0 Å². The van der Waals surface area contributed by atoms with Crippen molar-refractivity contribution in [2.75, 3.05) is 6.61 Å². The first-order valence-electron chi connectivity index (χ1n) is 11.4. The first-order valence-corrected chi connectivity index (χ1v) is 12.2. The summed E-state index contributed by atoms with van der Waals surface area (Å²) in [5.74, 6) is 0.450. The van der Waals surface area contributed by atoms with Crippen LogP contribution in [-0.2, 0) is 16.1 Å². The van der Waals surface area contributed by atoms with Gasteiger partial charge < -0.3 is 15.0 Å². The number of ether oxygens (including phenoxy) is 1. The Labute approximate surface area is 207 Å². The molecule has 2 atom stereocenters. The van der Waals surface area contributed by atoms with Crippen LogP contribution in [0.5, 0.6) is 5.75 Å². The summed E-state index contributed by atoms with van der Waals surface area (Å²) in [6.45, 7) is 9.98. The fraction of sp³-hybridized carbons (Fsp3) is 0.462. The average Bonchev–Trinajstić information content (AvgIpc) is 2.78. The van der Waals surface area contributed by atoms with Crippen LogP contribution in [0.25, 0.3) is 0 Å². The zero-order valence-corrected chi connectivity index (χ0v) is 21.5. The number of halogens is 2. The lowest BCUT2D eigenvalue weighted by molar-refractivity contribution is -0.143. The van der Waals surface area contributed by atoms with Crippen molar-refractivity contribution < 1.29 is 14.3 Å². The number of nitrogens with one attached hydrogen (secondary N) is 1. The Balaban J connectivity index is 2.30. The van der Waals surface area contributed by atoms with E-state index in [-0.39, 0.29) is 36.9 Å². The van der Waals surface area contributed by atoms with Crippen molar-refractivity contribution >= 4 is 35.0 Å². The Morgan fingerprint density at radius 1 is 1.03 bits per heavy atom. The minimum atomic E-state index is -0.651. The SMILES string of the molecule is CC[C@@H](C)NC(=O)[C@@H](CC)N(Cc1ccc(Cl)cc1Cl)C(=O)COc1ccccc1C(C)C. The number of carbonyl (C=O) groups is 2. The molecule has 0 heterocycles. The Bertz CT molecular complexity index is 949. The largest absolute Gasteiger partial charge is 0.483 e. The van der Waals surface area contributed by atoms with Crippen molar-refractivity contribution in [2.45, 2.75) is 72.0 Å². The number of rotatable bonds is 11. The molecule has 0 fully saturated rings. The molecule has 5 nitrogen and oxygen atoms in total. The average molecular weight is 493 g/mol. The van der Waals surface area contributed by atoms with Crippen molar-refractivity contribution in [3.05, 3.63) is 63.6 Å². The number of hydrogen-bond donors (Lipinski definition) is 1. The van der Waals surface area contributed by atoms with Crippen LogP contribution in [0.4, 0.5) is 0 Å². The maximum Gasteiger partial charge on any atom is 0.261 e. The van der Waals surface area contributed by atoms with Crippen molar-refractivity contribution in [3.8, 4) is 5.75 Å². The van der Waals surface area contributed by atoms with Crippen LogP contribution in [0.2, 0.25) is 10.0 Å². The molecule has 2 aromatic carbocycles. The monoisotopic (exact) mass is 492 g/mol. The van der Waals surface area contributed by atoms with Gasteiger partial charge in [0, 0.05) is 22.6 Å². The first-order chi connectivity index (χ1) is 15.7. The zero-order valence-electron chi connectivity index (χ0n) is 20.0. The van der Waals surface area contributed by atoms with Gasteiger partial charge in [-0.3, -0.25) is 9.59 Å².